The highest BCUT2D eigenvalue weighted by Gasteiger charge is 2.35. The van der Waals surface area contributed by atoms with E-state index in [-0.39, 0.29) is 12.2 Å². The number of benzene rings is 4. The molecule has 7 rings (SSSR count). The first-order valence-corrected chi connectivity index (χ1v) is 15.6. The van der Waals surface area contributed by atoms with Gasteiger partial charge in [0.05, 0.1) is 39.8 Å². The van der Waals surface area contributed by atoms with Gasteiger partial charge < -0.3 is 9.64 Å². The van der Waals surface area contributed by atoms with Gasteiger partial charge in [0.1, 0.15) is 0 Å². The number of aromatic nitrogens is 1. The quantitative estimate of drug-likeness (QED) is 0.226. The highest BCUT2D eigenvalue weighted by atomic mass is 32.2. The molecule has 6 nitrogen and oxygen atoms in total. The Bertz CT molecular complexity index is 2080. The molecule has 0 N–H and O–H groups in total. The number of thiazole rings is 1. The Morgan fingerprint density at radius 2 is 1.60 bits per heavy atom. The number of nitrogens with zero attached hydrogens (tertiary/aromatic N) is 3. The molecule has 0 radical (unpaired) electrons. The third-order valence-electron chi connectivity index (χ3n) is 7.58. The molecular formula is C35H27N3O3S2. The van der Waals surface area contributed by atoms with Gasteiger partial charge in [-0.05, 0) is 48.4 Å². The van der Waals surface area contributed by atoms with Gasteiger partial charge in [-0.3, -0.25) is 9.36 Å². The fourth-order valence-corrected chi connectivity index (χ4v) is 7.79. The second-order valence-electron chi connectivity index (χ2n) is 10.2. The van der Waals surface area contributed by atoms with Crippen LogP contribution in [0.25, 0.3) is 11.8 Å². The van der Waals surface area contributed by atoms with Gasteiger partial charge in [0.2, 0.25) is 0 Å². The number of anilines is 2. The topological polar surface area (TPSA) is 63.9 Å². The van der Waals surface area contributed by atoms with Crippen molar-refractivity contribution in [3.63, 3.8) is 0 Å². The Hall–Kier alpha value is -4.66. The van der Waals surface area contributed by atoms with Crippen LogP contribution in [0, 0.1) is 0 Å². The molecule has 0 spiro atoms. The van der Waals surface area contributed by atoms with E-state index in [1.165, 1.54) is 21.9 Å². The van der Waals surface area contributed by atoms with E-state index in [9.17, 15) is 9.59 Å². The third-order valence-corrected chi connectivity index (χ3v) is 9.67. The zero-order valence-electron chi connectivity index (χ0n) is 23.6. The van der Waals surface area contributed by atoms with Crippen LogP contribution in [0.3, 0.4) is 0 Å². The maximum Gasteiger partial charge on any atom is 0.338 e. The van der Waals surface area contributed by atoms with Crippen molar-refractivity contribution >= 4 is 52.2 Å². The van der Waals surface area contributed by atoms with Crippen molar-refractivity contribution in [1.29, 1.82) is 0 Å². The molecule has 4 aromatic carbocycles. The van der Waals surface area contributed by atoms with Gasteiger partial charge in [-0.15, -0.1) is 0 Å². The van der Waals surface area contributed by atoms with E-state index in [0.29, 0.717) is 20.6 Å². The Labute approximate surface area is 256 Å². The summed E-state index contributed by atoms with van der Waals surface area (Å²) < 4.78 is 7.73. The minimum absolute atomic E-state index is 0.195. The van der Waals surface area contributed by atoms with E-state index in [0.717, 1.165) is 27.3 Å². The van der Waals surface area contributed by atoms with Gasteiger partial charge in [0.25, 0.3) is 5.56 Å². The van der Waals surface area contributed by atoms with Crippen LogP contribution in [0.1, 0.15) is 29.7 Å². The normalized spacial score (nSPS) is 15.8. The first-order chi connectivity index (χ1) is 21.0. The van der Waals surface area contributed by atoms with Gasteiger partial charge in [-0.1, -0.05) is 102 Å². The molecule has 0 saturated carbocycles. The number of hydrogen-bond donors (Lipinski definition) is 0. The molecule has 3 heterocycles. The minimum Gasteiger partial charge on any atom is -0.463 e. The van der Waals surface area contributed by atoms with Crippen LogP contribution in [-0.4, -0.2) is 24.2 Å². The highest BCUT2D eigenvalue weighted by molar-refractivity contribution is 7.99. The summed E-state index contributed by atoms with van der Waals surface area (Å²) in [4.78, 5) is 37.7. The lowest BCUT2D eigenvalue weighted by Gasteiger charge is -2.29. The van der Waals surface area contributed by atoms with Crippen LogP contribution in [-0.2, 0) is 9.53 Å². The molecule has 8 heteroatoms. The van der Waals surface area contributed by atoms with Crippen LogP contribution in [0.2, 0.25) is 0 Å². The fourth-order valence-electron chi connectivity index (χ4n) is 5.59. The summed E-state index contributed by atoms with van der Waals surface area (Å²) in [5.41, 5.74) is 5.51. The van der Waals surface area contributed by atoms with E-state index in [1.54, 1.807) is 23.3 Å². The largest absolute Gasteiger partial charge is 0.463 e. The van der Waals surface area contributed by atoms with E-state index >= 15 is 0 Å². The van der Waals surface area contributed by atoms with Gasteiger partial charge in [0, 0.05) is 22.4 Å². The van der Waals surface area contributed by atoms with Crippen molar-refractivity contribution < 1.29 is 9.53 Å². The number of para-hydroxylation sites is 1. The first-order valence-electron chi connectivity index (χ1n) is 14.0. The van der Waals surface area contributed by atoms with Gasteiger partial charge >= 0.3 is 5.97 Å². The van der Waals surface area contributed by atoms with Crippen LogP contribution >= 0.6 is 23.1 Å². The molecule has 0 bridgehead atoms. The van der Waals surface area contributed by atoms with Gasteiger partial charge in [-0.25, -0.2) is 9.79 Å². The maximum absolute atomic E-state index is 14.2. The number of ether oxygens (including phenoxy) is 1. The lowest BCUT2D eigenvalue weighted by Crippen LogP contribution is -2.40. The summed E-state index contributed by atoms with van der Waals surface area (Å²) in [6.07, 6.45) is 1.92. The standard InChI is InChI=1S/C35H27N3O3S2/c1-3-41-34(40)30-31(23-12-6-4-7-13-23)36-35-38(32(30)24-14-8-5-9-15-24)33(39)29(43-35)21-22-18-19-26-28(20-22)42-27-17-11-10-16-25(27)37(26)2/h4-21,32H,3H2,1-2H3/b29-21+/t32-/m0/s1. The third kappa shape index (κ3) is 4.82. The van der Waals surface area contributed by atoms with Crippen LogP contribution in [0.15, 0.2) is 128 Å². The molecule has 0 saturated heterocycles. The monoisotopic (exact) mass is 601 g/mol. The highest BCUT2D eigenvalue weighted by Crippen LogP contribution is 2.47. The lowest BCUT2D eigenvalue weighted by molar-refractivity contribution is -0.138. The lowest BCUT2D eigenvalue weighted by atomic mass is 9.93. The number of esters is 1. The zero-order chi connectivity index (χ0) is 29.5. The molecule has 1 atom stereocenters. The predicted octanol–water partition coefficient (Wildman–Crippen LogP) is 6.17. The Morgan fingerprint density at radius 3 is 2.37 bits per heavy atom. The minimum atomic E-state index is -0.682. The van der Waals surface area contributed by atoms with Crippen molar-refractivity contribution in [3.05, 3.63) is 145 Å². The zero-order valence-corrected chi connectivity index (χ0v) is 25.2. The van der Waals surface area contributed by atoms with Crippen molar-refractivity contribution in [1.82, 2.24) is 4.57 Å². The summed E-state index contributed by atoms with van der Waals surface area (Å²) in [6, 6.07) is 33.1. The molecule has 0 fully saturated rings. The van der Waals surface area contributed by atoms with E-state index in [1.807, 2.05) is 84.9 Å². The second-order valence-corrected chi connectivity index (χ2v) is 12.3. The summed E-state index contributed by atoms with van der Waals surface area (Å²) in [7, 11) is 2.07. The summed E-state index contributed by atoms with van der Waals surface area (Å²) in [5, 5.41) is 0. The molecule has 0 amide bonds. The molecule has 1 aromatic heterocycles. The fraction of sp³-hybridized carbons (Fsp3) is 0.114. The summed E-state index contributed by atoms with van der Waals surface area (Å²) in [6.45, 7) is 1.99. The molecule has 0 aliphatic carbocycles. The molecule has 2 aliphatic heterocycles. The summed E-state index contributed by atoms with van der Waals surface area (Å²) >= 11 is 3.06. The van der Waals surface area contributed by atoms with Crippen molar-refractivity contribution in [2.45, 2.75) is 22.8 Å². The molecule has 43 heavy (non-hydrogen) atoms. The number of carbonyl (C=O) groups is 1. The molecule has 2 aliphatic rings. The smallest absolute Gasteiger partial charge is 0.338 e. The molecule has 5 aromatic rings. The Kier molecular flexibility index (Phi) is 7.08. The van der Waals surface area contributed by atoms with Crippen molar-refractivity contribution in [3.8, 4) is 0 Å². The van der Waals surface area contributed by atoms with Crippen LogP contribution in [0.4, 0.5) is 11.4 Å². The van der Waals surface area contributed by atoms with Gasteiger partial charge in [0.15, 0.2) is 4.80 Å². The second kappa shape index (κ2) is 11.2. The van der Waals surface area contributed by atoms with E-state index in [4.69, 9.17) is 9.73 Å². The number of rotatable bonds is 5. The number of carbonyl (C=O) groups excluding carboxylic acids is 1. The summed E-state index contributed by atoms with van der Waals surface area (Å²) in [5.74, 6) is -0.482. The molecule has 0 unspecified atom stereocenters. The number of fused-ring (bicyclic) bond motifs is 3. The Balaban J connectivity index is 1.41. The molecular weight excluding hydrogens is 575 g/mol. The average Bonchev–Trinajstić information content (AvgIpc) is 3.35. The van der Waals surface area contributed by atoms with Gasteiger partial charge in [-0.2, -0.15) is 0 Å². The van der Waals surface area contributed by atoms with E-state index < -0.39 is 12.0 Å². The van der Waals surface area contributed by atoms with Crippen molar-refractivity contribution in [2.75, 3.05) is 18.6 Å². The predicted molar refractivity (Wildman–Crippen MR) is 173 cm³/mol. The van der Waals surface area contributed by atoms with Crippen molar-refractivity contribution in [2.24, 2.45) is 4.99 Å². The number of hydrogen-bond acceptors (Lipinski definition) is 7. The van der Waals surface area contributed by atoms with E-state index in [2.05, 4.69) is 36.2 Å². The molecule has 212 valence electrons. The SMILES string of the molecule is CCOC(=O)C1=C(c2ccccc2)N=c2s/c(=C/c3ccc4c(c3)Sc3ccccc3N4C)c(=O)n2[C@H]1c1ccccc1. The van der Waals surface area contributed by atoms with Crippen LogP contribution < -0.4 is 19.8 Å². The first kappa shape index (κ1) is 27.2. The Morgan fingerprint density at radius 1 is 0.907 bits per heavy atom. The van der Waals surface area contributed by atoms with Crippen LogP contribution in [0.5, 0.6) is 0 Å². The average molecular weight is 602 g/mol. The maximum atomic E-state index is 14.2.